The molecule has 16 heavy (non-hydrogen) atoms. The third-order valence-corrected chi connectivity index (χ3v) is 4.78. The van der Waals surface area contributed by atoms with E-state index in [1.54, 1.807) is 0 Å². The Labute approximate surface area is 100 Å². The molecule has 1 saturated heterocycles. The Morgan fingerprint density at radius 1 is 1.38 bits per heavy atom. The highest BCUT2D eigenvalue weighted by Crippen LogP contribution is 2.51. The molecule has 2 heteroatoms. The van der Waals surface area contributed by atoms with Gasteiger partial charge in [-0.25, -0.2) is 0 Å². The van der Waals surface area contributed by atoms with Gasteiger partial charge in [0.2, 0.25) is 0 Å². The molecule has 0 aromatic heterocycles. The van der Waals surface area contributed by atoms with Crippen molar-refractivity contribution in [3.8, 4) is 0 Å². The number of rotatable bonds is 6. The Hall–Kier alpha value is -0.0800. The lowest BCUT2D eigenvalue weighted by Crippen LogP contribution is -2.46. The summed E-state index contributed by atoms with van der Waals surface area (Å²) in [6.07, 6.45) is 5.87. The van der Waals surface area contributed by atoms with Crippen LogP contribution in [-0.2, 0) is 4.74 Å². The van der Waals surface area contributed by atoms with Crippen molar-refractivity contribution in [3.05, 3.63) is 0 Å². The summed E-state index contributed by atoms with van der Waals surface area (Å²) in [6.45, 7) is 10.2. The second-order valence-corrected chi connectivity index (χ2v) is 5.70. The Bertz CT molecular complexity index is 227. The fourth-order valence-corrected chi connectivity index (χ4v) is 3.34. The molecule has 0 spiro atoms. The number of ether oxygens (including phenoxy) is 1. The highest BCUT2D eigenvalue weighted by atomic mass is 16.5. The molecular formula is C14H27NO. The molecule has 1 saturated carbocycles. The number of hydrogen-bond donors (Lipinski definition) is 1. The summed E-state index contributed by atoms with van der Waals surface area (Å²) >= 11 is 0. The van der Waals surface area contributed by atoms with Crippen molar-refractivity contribution in [3.63, 3.8) is 0 Å². The van der Waals surface area contributed by atoms with Gasteiger partial charge in [0.15, 0.2) is 0 Å². The second-order valence-electron chi connectivity index (χ2n) is 5.70. The van der Waals surface area contributed by atoms with Gasteiger partial charge < -0.3 is 10.1 Å². The number of hydrogen-bond acceptors (Lipinski definition) is 2. The van der Waals surface area contributed by atoms with Crippen LogP contribution in [0.4, 0.5) is 0 Å². The van der Waals surface area contributed by atoms with Crippen LogP contribution in [0.25, 0.3) is 0 Å². The van der Waals surface area contributed by atoms with Crippen molar-refractivity contribution in [2.24, 2.45) is 17.3 Å². The molecule has 0 amide bonds. The molecule has 1 N–H and O–H groups in total. The van der Waals surface area contributed by atoms with Crippen molar-refractivity contribution < 1.29 is 4.74 Å². The summed E-state index contributed by atoms with van der Waals surface area (Å²) in [4.78, 5) is 0. The van der Waals surface area contributed by atoms with E-state index in [2.05, 4.69) is 26.1 Å². The average Bonchev–Trinajstić information content (AvgIpc) is 3.06. The molecule has 0 bridgehead atoms. The predicted molar refractivity (Wildman–Crippen MR) is 67.5 cm³/mol. The Morgan fingerprint density at radius 2 is 2.12 bits per heavy atom. The first-order valence-corrected chi connectivity index (χ1v) is 7.07. The van der Waals surface area contributed by atoms with E-state index in [0.717, 1.165) is 31.5 Å². The van der Waals surface area contributed by atoms with Gasteiger partial charge in [0.25, 0.3) is 0 Å². The molecule has 0 aromatic carbocycles. The van der Waals surface area contributed by atoms with Crippen LogP contribution in [0.5, 0.6) is 0 Å². The van der Waals surface area contributed by atoms with Gasteiger partial charge in [0, 0.05) is 18.6 Å². The first-order chi connectivity index (χ1) is 7.74. The van der Waals surface area contributed by atoms with Crippen LogP contribution in [0.2, 0.25) is 0 Å². The third-order valence-electron chi connectivity index (χ3n) is 4.78. The van der Waals surface area contributed by atoms with Crippen LogP contribution < -0.4 is 5.32 Å². The first kappa shape index (κ1) is 12.4. The molecule has 94 valence electrons. The molecule has 2 rings (SSSR count). The summed E-state index contributed by atoms with van der Waals surface area (Å²) < 4.78 is 6.07. The first-order valence-electron chi connectivity index (χ1n) is 7.07. The van der Waals surface area contributed by atoms with Crippen LogP contribution in [0.1, 0.15) is 46.5 Å². The smallest absolute Gasteiger partial charge is 0.0674 e. The topological polar surface area (TPSA) is 21.3 Å². The number of nitrogens with one attached hydrogen (secondary N) is 1. The maximum atomic E-state index is 6.07. The molecule has 1 aliphatic carbocycles. The molecule has 2 aliphatic rings. The van der Waals surface area contributed by atoms with Crippen LogP contribution in [0.15, 0.2) is 0 Å². The third kappa shape index (κ3) is 2.14. The molecule has 0 aromatic rings. The Kier molecular flexibility index (Phi) is 3.91. The van der Waals surface area contributed by atoms with Crippen LogP contribution in [0, 0.1) is 17.3 Å². The van der Waals surface area contributed by atoms with E-state index in [9.17, 15) is 0 Å². The highest BCUT2D eigenvalue weighted by molar-refractivity contribution is 5.02. The molecular weight excluding hydrogens is 198 g/mol. The normalized spacial score (nSPS) is 36.6. The zero-order chi connectivity index (χ0) is 11.6. The van der Waals surface area contributed by atoms with E-state index >= 15 is 0 Å². The second kappa shape index (κ2) is 5.05. The lowest BCUT2D eigenvalue weighted by molar-refractivity contribution is 0.00266. The van der Waals surface area contributed by atoms with Gasteiger partial charge in [0.05, 0.1) is 6.10 Å². The molecule has 2 fully saturated rings. The largest absolute Gasteiger partial charge is 0.377 e. The minimum atomic E-state index is 0.423. The lowest BCUT2D eigenvalue weighted by Gasteiger charge is -2.40. The maximum Gasteiger partial charge on any atom is 0.0674 e. The summed E-state index contributed by atoms with van der Waals surface area (Å²) in [5.41, 5.74) is 0.423. The van der Waals surface area contributed by atoms with Gasteiger partial charge in [-0.15, -0.1) is 0 Å². The van der Waals surface area contributed by atoms with Crippen LogP contribution >= 0.6 is 0 Å². The van der Waals surface area contributed by atoms with Gasteiger partial charge >= 0.3 is 0 Å². The summed E-state index contributed by atoms with van der Waals surface area (Å²) in [5, 5.41) is 3.58. The summed E-state index contributed by atoms with van der Waals surface area (Å²) in [5.74, 6) is 1.65. The van der Waals surface area contributed by atoms with Crippen molar-refractivity contribution in [1.29, 1.82) is 0 Å². The molecule has 2 nitrogen and oxygen atoms in total. The van der Waals surface area contributed by atoms with E-state index < -0.39 is 0 Å². The monoisotopic (exact) mass is 225 g/mol. The fraction of sp³-hybridized carbons (Fsp3) is 1.00. The standard InChI is InChI=1S/C14H27NO/c1-4-11(3)14(10-15-5-2)8-9-16-13(14)12-6-7-12/h11-13,15H,4-10H2,1-3H3. The molecule has 3 atom stereocenters. The minimum absolute atomic E-state index is 0.423. The van der Waals surface area contributed by atoms with Gasteiger partial charge in [-0.05, 0) is 37.6 Å². The van der Waals surface area contributed by atoms with Gasteiger partial charge in [-0.3, -0.25) is 0 Å². The molecule has 1 aliphatic heterocycles. The zero-order valence-corrected chi connectivity index (χ0v) is 11.1. The van der Waals surface area contributed by atoms with Crippen molar-refractivity contribution in [2.75, 3.05) is 19.7 Å². The van der Waals surface area contributed by atoms with Crippen molar-refractivity contribution in [1.82, 2.24) is 5.32 Å². The van der Waals surface area contributed by atoms with Gasteiger partial charge in [0.1, 0.15) is 0 Å². The van der Waals surface area contributed by atoms with Gasteiger partial charge in [-0.2, -0.15) is 0 Å². The van der Waals surface area contributed by atoms with E-state index in [4.69, 9.17) is 4.74 Å². The Balaban J connectivity index is 2.10. The maximum absolute atomic E-state index is 6.07. The SMILES string of the molecule is CCNCC1(C(C)CC)CCOC1C1CC1. The van der Waals surface area contributed by atoms with E-state index in [0.29, 0.717) is 11.5 Å². The quantitative estimate of drug-likeness (QED) is 0.750. The van der Waals surface area contributed by atoms with E-state index in [1.807, 2.05) is 0 Å². The molecule has 1 heterocycles. The van der Waals surface area contributed by atoms with Crippen molar-refractivity contribution in [2.45, 2.75) is 52.6 Å². The zero-order valence-electron chi connectivity index (χ0n) is 11.1. The van der Waals surface area contributed by atoms with Crippen LogP contribution in [-0.4, -0.2) is 25.8 Å². The predicted octanol–water partition coefficient (Wildman–Crippen LogP) is 2.83. The van der Waals surface area contributed by atoms with E-state index in [1.165, 1.54) is 25.7 Å². The summed E-state index contributed by atoms with van der Waals surface area (Å²) in [6, 6.07) is 0. The fourth-order valence-electron chi connectivity index (χ4n) is 3.34. The summed E-state index contributed by atoms with van der Waals surface area (Å²) in [7, 11) is 0. The molecule has 0 radical (unpaired) electrons. The average molecular weight is 225 g/mol. The van der Waals surface area contributed by atoms with Crippen molar-refractivity contribution >= 4 is 0 Å². The molecule has 3 unspecified atom stereocenters. The minimum Gasteiger partial charge on any atom is -0.377 e. The highest BCUT2D eigenvalue weighted by Gasteiger charge is 2.52. The van der Waals surface area contributed by atoms with E-state index in [-0.39, 0.29) is 0 Å². The van der Waals surface area contributed by atoms with Gasteiger partial charge in [-0.1, -0.05) is 27.2 Å². The lowest BCUT2D eigenvalue weighted by atomic mass is 9.68. The van der Waals surface area contributed by atoms with Crippen LogP contribution in [0.3, 0.4) is 0 Å². The Morgan fingerprint density at radius 3 is 2.69 bits per heavy atom.